The highest BCUT2D eigenvalue weighted by Crippen LogP contribution is 2.07. The summed E-state index contributed by atoms with van der Waals surface area (Å²) in [5.74, 6) is 1.22. The lowest BCUT2D eigenvalue weighted by Crippen LogP contribution is -2.25. The van der Waals surface area contributed by atoms with Gasteiger partial charge in [0, 0.05) is 32.4 Å². The highest BCUT2D eigenvalue weighted by Gasteiger charge is 2.14. The number of nitrogens with zero attached hydrogens (tertiary/aromatic N) is 3. The zero-order chi connectivity index (χ0) is 14.4. The minimum Gasteiger partial charge on any atom is -0.357 e. The molecule has 2 heterocycles. The molecule has 0 spiro atoms. The number of H-pyrrole nitrogens is 1. The van der Waals surface area contributed by atoms with Crippen molar-refractivity contribution in [1.82, 2.24) is 24.7 Å². The zero-order valence-electron chi connectivity index (χ0n) is 11.0. The molecule has 8 nitrogen and oxygen atoms in total. The number of aryl methyl sites for hydroxylation is 1. The van der Waals surface area contributed by atoms with Gasteiger partial charge in [-0.15, -0.1) is 0 Å². The minimum atomic E-state index is -3.56. The van der Waals surface area contributed by atoms with Crippen LogP contribution in [0.2, 0.25) is 0 Å². The Hall–Kier alpha value is -2.00. The van der Waals surface area contributed by atoms with Crippen molar-refractivity contribution in [3.05, 3.63) is 30.6 Å². The molecule has 0 unspecified atom stereocenters. The molecule has 0 aliphatic heterocycles. The predicted octanol–water partition coefficient (Wildman–Crippen LogP) is 0.152. The van der Waals surface area contributed by atoms with Gasteiger partial charge in [0.05, 0.1) is 12.4 Å². The second-order valence-electron chi connectivity index (χ2n) is 4.03. The predicted molar refractivity (Wildman–Crippen MR) is 73.7 cm³/mol. The van der Waals surface area contributed by atoms with E-state index in [1.807, 2.05) is 0 Å². The van der Waals surface area contributed by atoms with E-state index in [1.54, 1.807) is 19.4 Å². The van der Waals surface area contributed by atoms with Crippen LogP contribution in [0.25, 0.3) is 0 Å². The van der Waals surface area contributed by atoms with Crippen LogP contribution in [-0.4, -0.2) is 41.9 Å². The van der Waals surface area contributed by atoms with Gasteiger partial charge in [0.15, 0.2) is 0 Å². The Bertz CT molecular complexity index is 623. The third-order valence-electron chi connectivity index (χ3n) is 2.60. The van der Waals surface area contributed by atoms with Gasteiger partial charge in [0.1, 0.15) is 10.7 Å². The number of hydrogen-bond donors (Lipinski definition) is 3. The summed E-state index contributed by atoms with van der Waals surface area (Å²) < 4.78 is 26.4. The number of nitrogens with one attached hydrogen (secondary N) is 3. The number of aromatic nitrogens is 4. The highest BCUT2D eigenvalue weighted by molar-refractivity contribution is 7.89. The molecule has 2 aromatic rings. The van der Waals surface area contributed by atoms with Gasteiger partial charge in [-0.1, -0.05) is 0 Å². The normalized spacial score (nSPS) is 11.4. The summed E-state index contributed by atoms with van der Waals surface area (Å²) in [7, 11) is -1.90. The SMILES string of the molecule is CNc1ncc(S(=O)(=O)NCCCc2ncc[nH]2)cn1. The molecular weight excluding hydrogens is 280 g/mol. The molecule has 0 saturated carbocycles. The van der Waals surface area contributed by atoms with Crippen LogP contribution in [0.3, 0.4) is 0 Å². The first-order chi connectivity index (χ1) is 9.62. The van der Waals surface area contributed by atoms with Crippen LogP contribution in [0.4, 0.5) is 5.95 Å². The van der Waals surface area contributed by atoms with E-state index in [9.17, 15) is 8.42 Å². The Morgan fingerprint density at radius 3 is 2.60 bits per heavy atom. The molecule has 0 saturated heterocycles. The van der Waals surface area contributed by atoms with Gasteiger partial charge in [-0.3, -0.25) is 0 Å². The van der Waals surface area contributed by atoms with Gasteiger partial charge in [0.2, 0.25) is 16.0 Å². The third kappa shape index (κ3) is 3.75. The van der Waals surface area contributed by atoms with Crippen LogP contribution in [0.1, 0.15) is 12.2 Å². The fraction of sp³-hybridized carbons (Fsp3) is 0.364. The first-order valence-corrected chi connectivity index (χ1v) is 7.58. The zero-order valence-corrected chi connectivity index (χ0v) is 11.8. The van der Waals surface area contributed by atoms with Crippen LogP contribution >= 0.6 is 0 Å². The molecule has 2 aromatic heterocycles. The molecule has 0 atom stereocenters. The van der Waals surface area contributed by atoms with Crippen molar-refractivity contribution in [3.8, 4) is 0 Å². The number of anilines is 1. The average Bonchev–Trinajstić information content (AvgIpc) is 2.97. The quantitative estimate of drug-likeness (QED) is 0.627. The largest absolute Gasteiger partial charge is 0.357 e. The van der Waals surface area contributed by atoms with E-state index in [-0.39, 0.29) is 4.90 Å². The van der Waals surface area contributed by atoms with Gasteiger partial charge < -0.3 is 10.3 Å². The minimum absolute atomic E-state index is 0.0505. The number of imidazole rings is 1. The molecular formula is C11H16N6O2S. The molecule has 3 N–H and O–H groups in total. The number of hydrogen-bond acceptors (Lipinski definition) is 6. The van der Waals surface area contributed by atoms with Crippen LogP contribution in [0.15, 0.2) is 29.7 Å². The van der Waals surface area contributed by atoms with E-state index >= 15 is 0 Å². The third-order valence-corrected chi connectivity index (χ3v) is 4.01. The Kier molecular flexibility index (Phi) is 4.64. The summed E-state index contributed by atoms with van der Waals surface area (Å²) in [5, 5.41) is 2.73. The molecule has 0 radical (unpaired) electrons. The first kappa shape index (κ1) is 14.4. The lowest BCUT2D eigenvalue weighted by atomic mass is 10.3. The maximum absolute atomic E-state index is 12.0. The monoisotopic (exact) mass is 296 g/mol. The molecule has 0 aliphatic carbocycles. The number of rotatable bonds is 7. The van der Waals surface area contributed by atoms with E-state index in [2.05, 4.69) is 30.0 Å². The van der Waals surface area contributed by atoms with Gasteiger partial charge in [-0.2, -0.15) is 0 Å². The maximum atomic E-state index is 12.0. The Labute approximate surface area is 117 Å². The summed E-state index contributed by atoms with van der Waals surface area (Å²) in [5.41, 5.74) is 0. The first-order valence-electron chi connectivity index (χ1n) is 6.09. The fourth-order valence-corrected chi connectivity index (χ4v) is 2.53. The topological polar surface area (TPSA) is 113 Å². The van der Waals surface area contributed by atoms with Gasteiger partial charge >= 0.3 is 0 Å². The fourth-order valence-electron chi connectivity index (χ4n) is 1.56. The Morgan fingerprint density at radius 1 is 1.25 bits per heavy atom. The number of sulfonamides is 1. The van der Waals surface area contributed by atoms with Gasteiger partial charge in [-0.05, 0) is 6.42 Å². The van der Waals surface area contributed by atoms with Crippen molar-refractivity contribution in [1.29, 1.82) is 0 Å². The van der Waals surface area contributed by atoms with Crippen molar-refractivity contribution in [2.75, 3.05) is 18.9 Å². The molecule has 0 fully saturated rings. The van der Waals surface area contributed by atoms with Crippen molar-refractivity contribution < 1.29 is 8.42 Å². The standard InChI is InChI=1S/C11H16N6O2S/c1-12-11-15-7-9(8-16-11)20(18,19)17-4-2-3-10-13-5-6-14-10/h5-8,17H,2-4H2,1H3,(H,13,14)(H,12,15,16). The summed E-state index contributed by atoms with van der Waals surface area (Å²) in [6.07, 6.45) is 7.29. The van der Waals surface area contributed by atoms with E-state index in [1.165, 1.54) is 12.4 Å². The smallest absolute Gasteiger partial charge is 0.243 e. The molecule has 0 aliphatic rings. The van der Waals surface area contributed by atoms with E-state index in [0.29, 0.717) is 25.3 Å². The molecule has 9 heteroatoms. The van der Waals surface area contributed by atoms with E-state index in [0.717, 1.165) is 5.82 Å². The molecule has 0 aromatic carbocycles. The molecule has 108 valence electrons. The average molecular weight is 296 g/mol. The van der Waals surface area contributed by atoms with Gasteiger partial charge in [0.25, 0.3) is 0 Å². The van der Waals surface area contributed by atoms with Crippen molar-refractivity contribution in [3.63, 3.8) is 0 Å². The summed E-state index contributed by atoms with van der Waals surface area (Å²) in [6.45, 7) is 0.330. The van der Waals surface area contributed by atoms with Gasteiger partial charge in [-0.25, -0.2) is 28.1 Å². The molecule has 0 bridgehead atoms. The highest BCUT2D eigenvalue weighted by atomic mass is 32.2. The number of aromatic amines is 1. The van der Waals surface area contributed by atoms with Crippen LogP contribution < -0.4 is 10.0 Å². The van der Waals surface area contributed by atoms with E-state index < -0.39 is 10.0 Å². The van der Waals surface area contributed by atoms with Crippen LogP contribution in [0, 0.1) is 0 Å². The summed E-state index contributed by atoms with van der Waals surface area (Å²) in [4.78, 5) is 14.8. The Morgan fingerprint density at radius 2 is 2.00 bits per heavy atom. The molecule has 20 heavy (non-hydrogen) atoms. The molecule has 2 rings (SSSR count). The second-order valence-corrected chi connectivity index (χ2v) is 5.80. The summed E-state index contributed by atoms with van der Waals surface area (Å²) >= 11 is 0. The second kappa shape index (κ2) is 6.44. The Balaban J connectivity index is 1.86. The lowest BCUT2D eigenvalue weighted by molar-refractivity contribution is 0.577. The lowest BCUT2D eigenvalue weighted by Gasteiger charge is -2.06. The maximum Gasteiger partial charge on any atom is 0.243 e. The molecule has 0 amide bonds. The summed E-state index contributed by atoms with van der Waals surface area (Å²) in [6, 6.07) is 0. The van der Waals surface area contributed by atoms with Crippen LogP contribution in [0.5, 0.6) is 0 Å². The van der Waals surface area contributed by atoms with Crippen molar-refractivity contribution >= 4 is 16.0 Å². The van der Waals surface area contributed by atoms with Crippen LogP contribution in [-0.2, 0) is 16.4 Å². The van der Waals surface area contributed by atoms with E-state index in [4.69, 9.17) is 0 Å². The van der Waals surface area contributed by atoms with Crippen molar-refractivity contribution in [2.45, 2.75) is 17.7 Å². The van der Waals surface area contributed by atoms with Crippen molar-refractivity contribution in [2.24, 2.45) is 0 Å².